The number of carbonyl (C=O) groups excluding carboxylic acids is 1. The van der Waals surface area contributed by atoms with Crippen LogP contribution >= 0.6 is 0 Å². The highest BCUT2D eigenvalue weighted by atomic mass is 19.4. The number of hydrogen-bond acceptors (Lipinski definition) is 7. The molecule has 1 saturated heterocycles. The van der Waals surface area contributed by atoms with Gasteiger partial charge in [-0.05, 0) is 25.6 Å². The molecule has 1 aromatic carbocycles. The van der Waals surface area contributed by atoms with Crippen molar-refractivity contribution in [2.24, 2.45) is 5.41 Å². The van der Waals surface area contributed by atoms with E-state index in [2.05, 4.69) is 14.7 Å². The second kappa shape index (κ2) is 8.00. The molecule has 32 heavy (non-hydrogen) atoms. The maximum atomic E-state index is 15.0. The van der Waals surface area contributed by atoms with Crippen LogP contribution in [0.2, 0.25) is 0 Å². The van der Waals surface area contributed by atoms with Gasteiger partial charge in [-0.25, -0.2) is 4.39 Å². The van der Waals surface area contributed by atoms with Gasteiger partial charge >= 0.3 is 12.1 Å². The number of halogens is 4. The molecule has 2 aromatic rings. The van der Waals surface area contributed by atoms with E-state index < -0.39 is 35.4 Å². The molecule has 0 aliphatic carbocycles. The summed E-state index contributed by atoms with van der Waals surface area (Å²) in [5, 5.41) is 13.5. The van der Waals surface area contributed by atoms with Crippen LogP contribution in [0.25, 0.3) is 11.4 Å². The van der Waals surface area contributed by atoms with Crippen molar-refractivity contribution in [2.45, 2.75) is 38.7 Å². The van der Waals surface area contributed by atoms with Crippen LogP contribution in [0.5, 0.6) is 5.75 Å². The number of aliphatic hydroxyl groups excluding tert-OH is 1. The van der Waals surface area contributed by atoms with Crippen molar-refractivity contribution in [3.63, 3.8) is 0 Å². The lowest BCUT2D eigenvalue weighted by Crippen LogP contribution is -2.51. The summed E-state index contributed by atoms with van der Waals surface area (Å²) in [4.78, 5) is 19.8. The minimum Gasteiger partial charge on any atom is -0.491 e. The van der Waals surface area contributed by atoms with Crippen LogP contribution in [0.3, 0.4) is 0 Å². The van der Waals surface area contributed by atoms with Crippen molar-refractivity contribution in [1.29, 1.82) is 0 Å². The Hall–Kier alpha value is -2.73. The Morgan fingerprint density at radius 1 is 1.31 bits per heavy atom. The van der Waals surface area contributed by atoms with Gasteiger partial charge in [-0.2, -0.15) is 18.2 Å². The first-order chi connectivity index (χ1) is 15.0. The van der Waals surface area contributed by atoms with Crippen molar-refractivity contribution in [3.8, 4) is 17.1 Å². The zero-order valence-electron chi connectivity index (χ0n) is 17.4. The van der Waals surface area contributed by atoms with Gasteiger partial charge < -0.3 is 19.3 Å². The predicted octanol–water partition coefficient (Wildman–Crippen LogP) is 2.67. The highest BCUT2D eigenvalue weighted by Gasteiger charge is 2.43. The van der Waals surface area contributed by atoms with Gasteiger partial charge in [-0.1, -0.05) is 12.1 Å². The molecule has 2 aliphatic rings. The first-order valence-electron chi connectivity index (χ1n) is 10.0. The van der Waals surface area contributed by atoms with E-state index >= 15 is 0 Å². The first kappa shape index (κ1) is 22.5. The largest absolute Gasteiger partial charge is 0.491 e. The highest BCUT2D eigenvalue weighted by Crippen LogP contribution is 2.38. The molecule has 0 bridgehead atoms. The van der Waals surface area contributed by atoms with Gasteiger partial charge in [0.1, 0.15) is 24.4 Å². The van der Waals surface area contributed by atoms with Gasteiger partial charge in [0.2, 0.25) is 11.7 Å². The van der Waals surface area contributed by atoms with Gasteiger partial charge in [-0.3, -0.25) is 9.69 Å². The van der Waals surface area contributed by atoms with Crippen molar-refractivity contribution < 1.29 is 36.7 Å². The summed E-state index contributed by atoms with van der Waals surface area (Å²) in [5.74, 6) is -2.83. The predicted molar refractivity (Wildman–Crippen MR) is 102 cm³/mol. The van der Waals surface area contributed by atoms with Gasteiger partial charge in [0.05, 0.1) is 18.5 Å². The maximum absolute atomic E-state index is 15.0. The molecule has 2 aliphatic heterocycles. The maximum Gasteiger partial charge on any atom is 0.471 e. The molecule has 1 N–H and O–H groups in total. The lowest BCUT2D eigenvalue weighted by Gasteiger charge is -2.42. The number of nitrogens with zero attached hydrogens (tertiary/aromatic N) is 4. The summed E-state index contributed by atoms with van der Waals surface area (Å²) in [6.07, 6.45) is -4.76. The first-order valence-corrected chi connectivity index (χ1v) is 10.0. The lowest BCUT2D eigenvalue weighted by atomic mass is 9.78. The molecule has 0 saturated carbocycles. The number of rotatable bonds is 2. The smallest absolute Gasteiger partial charge is 0.471 e. The zero-order valence-corrected chi connectivity index (χ0v) is 17.4. The number of aromatic nitrogens is 2. The Morgan fingerprint density at radius 2 is 2.06 bits per heavy atom. The lowest BCUT2D eigenvalue weighted by molar-refractivity contribution is -0.159. The minimum absolute atomic E-state index is 0.0364. The molecule has 1 fully saturated rings. The van der Waals surface area contributed by atoms with Crippen LogP contribution in [0.1, 0.15) is 31.2 Å². The van der Waals surface area contributed by atoms with E-state index in [0.717, 1.165) is 6.07 Å². The zero-order chi connectivity index (χ0) is 23.3. The fraction of sp³-hybridized carbons (Fsp3) is 0.550. The summed E-state index contributed by atoms with van der Waals surface area (Å²) in [6.45, 7) is 2.53. The molecule has 2 atom stereocenters. The van der Waals surface area contributed by atoms with Crippen LogP contribution in [0.4, 0.5) is 17.6 Å². The van der Waals surface area contributed by atoms with Gasteiger partial charge in [0.25, 0.3) is 0 Å². The molecule has 2 unspecified atom stereocenters. The van der Waals surface area contributed by atoms with Crippen LogP contribution in [0, 0.1) is 11.2 Å². The molecule has 3 heterocycles. The van der Waals surface area contributed by atoms with Gasteiger partial charge in [-0.15, -0.1) is 0 Å². The van der Waals surface area contributed by atoms with E-state index in [1.165, 1.54) is 11.0 Å². The summed E-state index contributed by atoms with van der Waals surface area (Å²) in [7, 11) is 1.78. The number of hydrogen-bond donors (Lipinski definition) is 1. The Balaban J connectivity index is 1.59. The normalized spacial score (nSPS) is 24.6. The number of alkyl halides is 3. The third-order valence-electron chi connectivity index (χ3n) is 6.01. The average molecular weight is 458 g/mol. The average Bonchev–Trinajstić information content (AvgIpc) is 3.13. The highest BCUT2D eigenvalue weighted by molar-refractivity contribution is 5.82. The third kappa shape index (κ3) is 4.16. The fourth-order valence-electron chi connectivity index (χ4n) is 4.00. The molecule has 174 valence electrons. The molecule has 1 amide bonds. The van der Waals surface area contributed by atoms with Crippen LogP contribution in [-0.2, 0) is 17.5 Å². The van der Waals surface area contributed by atoms with Gasteiger partial charge in [0, 0.05) is 24.1 Å². The van der Waals surface area contributed by atoms with E-state index in [1.807, 2.05) is 0 Å². The van der Waals surface area contributed by atoms with E-state index in [0.29, 0.717) is 13.0 Å². The minimum atomic E-state index is -4.82. The van der Waals surface area contributed by atoms with Gasteiger partial charge in [0.15, 0.2) is 0 Å². The van der Waals surface area contributed by atoms with E-state index in [-0.39, 0.29) is 48.9 Å². The van der Waals surface area contributed by atoms with E-state index in [4.69, 9.17) is 4.74 Å². The standard InChI is InChI=1S/C20H22F4N4O4/c1-19(3-4-27(2)15(29)9-19)18(30)28-5-6-31-14-8-11(7-13(21)12(14)10-28)16-25-17(32-26-16)20(22,23)24/h7-8,15,29H,3-6,9-10H2,1-2H3. The molecule has 12 heteroatoms. The SMILES string of the molecule is CN1CCC(C)(C(=O)N2CCOc3cc(-c4noc(C(F)(F)F)n4)cc(F)c3C2)CC1O. The van der Waals surface area contributed by atoms with Crippen molar-refractivity contribution >= 4 is 5.91 Å². The number of ether oxygens (including phenoxy) is 1. The molecule has 0 radical (unpaired) electrons. The summed E-state index contributed by atoms with van der Waals surface area (Å²) < 4.78 is 62.9. The van der Waals surface area contributed by atoms with Crippen LogP contribution in [-0.4, -0.2) is 63.9 Å². The number of benzene rings is 1. The molecule has 4 rings (SSSR count). The van der Waals surface area contributed by atoms with Crippen molar-refractivity contribution in [3.05, 3.63) is 29.4 Å². The van der Waals surface area contributed by atoms with E-state index in [1.54, 1.807) is 18.9 Å². The molecular weight excluding hydrogens is 436 g/mol. The number of amides is 1. The Kier molecular flexibility index (Phi) is 5.61. The van der Waals surface area contributed by atoms with Crippen molar-refractivity contribution in [1.82, 2.24) is 19.9 Å². The van der Waals surface area contributed by atoms with Crippen molar-refractivity contribution in [2.75, 3.05) is 26.7 Å². The Morgan fingerprint density at radius 3 is 2.72 bits per heavy atom. The number of piperidine rings is 1. The molecule has 8 nitrogen and oxygen atoms in total. The Labute approximate surface area is 180 Å². The third-order valence-corrected chi connectivity index (χ3v) is 6.01. The number of aliphatic hydroxyl groups is 1. The quantitative estimate of drug-likeness (QED) is 0.692. The molecule has 1 aromatic heterocycles. The monoisotopic (exact) mass is 458 g/mol. The number of carbonyl (C=O) groups is 1. The second-order valence-corrected chi connectivity index (χ2v) is 8.41. The number of fused-ring (bicyclic) bond motifs is 1. The summed E-state index contributed by atoms with van der Waals surface area (Å²) >= 11 is 0. The van der Waals surface area contributed by atoms with E-state index in [9.17, 15) is 27.5 Å². The topological polar surface area (TPSA) is 91.9 Å². The van der Waals surface area contributed by atoms with Crippen LogP contribution in [0.15, 0.2) is 16.7 Å². The molecule has 0 spiro atoms. The Bertz CT molecular complexity index is 1030. The second-order valence-electron chi connectivity index (χ2n) is 8.41. The molecular formula is C20H22F4N4O4. The fourth-order valence-corrected chi connectivity index (χ4v) is 4.00. The number of likely N-dealkylation sites (tertiary alicyclic amines) is 1. The summed E-state index contributed by atoms with van der Waals surface area (Å²) in [6, 6.07) is 2.32. The summed E-state index contributed by atoms with van der Waals surface area (Å²) in [5.41, 5.74) is -0.729. The van der Waals surface area contributed by atoms with Crippen LogP contribution < -0.4 is 4.74 Å².